The summed E-state index contributed by atoms with van der Waals surface area (Å²) in [6, 6.07) is 0. The summed E-state index contributed by atoms with van der Waals surface area (Å²) in [5, 5.41) is 5.37. The van der Waals surface area contributed by atoms with Crippen LogP contribution in [0.25, 0.3) is 0 Å². The van der Waals surface area contributed by atoms with Crippen molar-refractivity contribution < 1.29 is 33.8 Å². The van der Waals surface area contributed by atoms with Gasteiger partial charge in [-0.2, -0.15) is 0 Å². The van der Waals surface area contributed by atoms with Gasteiger partial charge >= 0.3 is 52.9 Å². The van der Waals surface area contributed by atoms with Crippen LogP contribution in [-0.4, -0.2) is 67.5 Å². The summed E-state index contributed by atoms with van der Waals surface area (Å²) in [5.41, 5.74) is 0. The van der Waals surface area contributed by atoms with Crippen molar-refractivity contribution in [3.05, 3.63) is 0 Å². The first-order valence-electron chi connectivity index (χ1n) is 2.34. The zero-order chi connectivity index (χ0) is 9.50. The summed E-state index contributed by atoms with van der Waals surface area (Å²) in [6.07, 6.45) is 0. The van der Waals surface area contributed by atoms with E-state index in [9.17, 15) is 9.13 Å². The zero-order valence-corrected chi connectivity index (χ0v) is 7.24. The van der Waals surface area contributed by atoms with Crippen LogP contribution in [0, 0.1) is 0 Å². The average molecular weight is 222 g/mol. The summed E-state index contributed by atoms with van der Waals surface area (Å²) >= 11 is 0. The van der Waals surface area contributed by atoms with Crippen LogP contribution in [0.4, 0.5) is 0 Å². The maximum atomic E-state index is 10.3. The molecule has 0 aliphatic heterocycles. The molecule has 0 saturated heterocycles. The molecule has 0 aromatic carbocycles. The summed E-state index contributed by atoms with van der Waals surface area (Å²) in [6.45, 7) is 0.383. The fraction of sp³-hybridized carbons (Fsp3) is 1.00. The average Bonchev–Trinajstić information content (AvgIpc) is 1.58. The normalized spacial score (nSPS) is 12.8. The molecule has 0 unspecified atom stereocenters. The van der Waals surface area contributed by atoms with E-state index in [-0.39, 0.29) is 37.7 Å². The molecule has 7 nitrogen and oxygen atoms in total. The maximum absolute atomic E-state index is 10.3. The Balaban J connectivity index is -0.000000500. The van der Waals surface area contributed by atoms with Crippen molar-refractivity contribution in [1.29, 1.82) is 0 Å². The van der Waals surface area contributed by atoms with E-state index in [1.165, 1.54) is 0 Å². The quantitative estimate of drug-likeness (QED) is 0.262. The third kappa shape index (κ3) is 4.66. The summed E-state index contributed by atoms with van der Waals surface area (Å²) < 4.78 is 20.5. The van der Waals surface area contributed by atoms with E-state index in [1.807, 2.05) is 0 Å². The molecule has 5 N–H and O–H groups in total. The summed E-state index contributed by atoms with van der Waals surface area (Å²) in [7, 11) is -10.4. The van der Waals surface area contributed by atoms with E-state index in [0.29, 0.717) is 6.92 Å². The number of rotatable bonds is 2. The van der Waals surface area contributed by atoms with Crippen molar-refractivity contribution in [2.24, 2.45) is 0 Å². The molecule has 0 saturated carbocycles. The molecule has 72 valence electrons. The van der Waals surface area contributed by atoms with Crippen molar-refractivity contribution >= 4 is 52.9 Å². The molecule has 0 aliphatic carbocycles. The molecule has 0 atom stereocenters. The molecule has 0 aliphatic rings. The molecule has 0 heterocycles. The van der Waals surface area contributed by atoms with Gasteiger partial charge in [0.1, 0.15) is 0 Å². The molecule has 0 rings (SSSR count). The van der Waals surface area contributed by atoms with Gasteiger partial charge in [-0.05, 0) is 6.92 Å². The zero-order valence-electron chi connectivity index (χ0n) is 5.45. The van der Waals surface area contributed by atoms with Gasteiger partial charge in [-0.1, -0.05) is 0 Å². The second kappa shape index (κ2) is 5.51. The summed E-state index contributed by atoms with van der Waals surface area (Å²) in [4.78, 5) is 33.0. The number of hydrogen-bond donors (Lipinski definition) is 5. The van der Waals surface area contributed by atoms with E-state index in [2.05, 4.69) is 0 Å². The molecule has 0 bridgehead atoms. The van der Waals surface area contributed by atoms with E-state index in [4.69, 9.17) is 24.7 Å². The first-order valence-corrected chi connectivity index (χ1v) is 5.56. The van der Waals surface area contributed by atoms with Gasteiger partial charge in [-0.25, -0.2) is 0 Å². The van der Waals surface area contributed by atoms with Crippen molar-refractivity contribution in [2.75, 3.05) is 0 Å². The second-order valence-electron chi connectivity index (χ2n) is 2.06. The first kappa shape index (κ1) is 19.9. The Morgan fingerprint density at radius 1 is 0.923 bits per heavy atom. The molecule has 0 fully saturated rings. The minimum atomic E-state index is -5.20. The molecule has 0 spiro atoms. The van der Waals surface area contributed by atoms with E-state index >= 15 is 0 Å². The van der Waals surface area contributed by atoms with Gasteiger partial charge in [0.25, 0.3) is 5.08 Å². The fourth-order valence-corrected chi connectivity index (χ4v) is 1.53. The fourth-order valence-electron chi connectivity index (χ4n) is 0.170. The third-order valence-electron chi connectivity index (χ3n) is 1.10. The topological polar surface area (TPSA) is 135 Å². The minimum absolute atomic E-state index is 0. The number of aliphatic hydroxyl groups is 1. The standard InChI is InChI=1S/C2H8O7P2.2Li.2H/c1-2(3,10(4,5)6)11(7,8)9;;;;/h3H,1H3,(H2,4,5,6)(H2,7,8,9);;;;. The molecule has 0 aromatic heterocycles. The van der Waals surface area contributed by atoms with E-state index in [1.54, 1.807) is 0 Å². The molecule has 11 heteroatoms. The van der Waals surface area contributed by atoms with Crippen LogP contribution in [-0.2, 0) is 9.13 Å². The van der Waals surface area contributed by atoms with E-state index in [0.717, 1.165) is 0 Å². The summed E-state index contributed by atoms with van der Waals surface area (Å²) in [5.74, 6) is 0. The van der Waals surface area contributed by atoms with Crippen LogP contribution in [0.5, 0.6) is 0 Å². The second-order valence-corrected chi connectivity index (χ2v) is 6.33. The Bertz CT molecular complexity index is 215. The van der Waals surface area contributed by atoms with E-state index < -0.39 is 20.3 Å². The Hall–Kier alpha value is 1.45. The Kier molecular flexibility index (Phi) is 8.46. The third-order valence-corrected chi connectivity index (χ3v) is 4.87. The predicted octanol–water partition coefficient (Wildman–Crippen LogP) is -2.29. The van der Waals surface area contributed by atoms with Crippen molar-refractivity contribution in [2.45, 2.75) is 12.0 Å². The number of hydrogen-bond acceptors (Lipinski definition) is 3. The molecule has 0 aromatic rings. The molecule has 13 heavy (non-hydrogen) atoms. The Morgan fingerprint density at radius 2 is 1.08 bits per heavy atom. The van der Waals surface area contributed by atoms with Crippen LogP contribution in [0.3, 0.4) is 0 Å². The molecule has 0 amide bonds. The van der Waals surface area contributed by atoms with Gasteiger partial charge < -0.3 is 24.7 Å². The van der Waals surface area contributed by atoms with Crippen molar-refractivity contribution in [1.82, 2.24) is 0 Å². The van der Waals surface area contributed by atoms with Crippen LogP contribution in [0.1, 0.15) is 6.92 Å². The van der Waals surface area contributed by atoms with Gasteiger partial charge in [0.15, 0.2) is 0 Å². The van der Waals surface area contributed by atoms with Crippen molar-refractivity contribution in [3.8, 4) is 0 Å². The SMILES string of the molecule is CC(O)(P(=O)(O)O)P(=O)(O)O.[LiH].[LiH]. The molecular formula is C2H10Li2O7P2. The van der Waals surface area contributed by atoms with Crippen LogP contribution < -0.4 is 0 Å². The monoisotopic (exact) mass is 222 g/mol. The van der Waals surface area contributed by atoms with Gasteiger partial charge in [-0.3, -0.25) is 9.13 Å². The van der Waals surface area contributed by atoms with Gasteiger partial charge in [-0.15, -0.1) is 0 Å². The predicted molar refractivity (Wildman–Crippen MR) is 49.0 cm³/mol. The van der Waals surface area contributed by atoms with Gasteiger partial charge in [0.2, 0.25) is 0 Å². The van der Waals surface area contributed by atoms with Crippen LogP contribution >= 0.6 is 15.2 Å². The molecule has 0 radical (unpaired) electrons. The van der Waals surface area contributed by atoms with Crippen LogP contribution in [0.15, 0.2) is 0 Å². The van der Waals surface area contributed by atoms with Crippen molar-refractivity contribution in [3.63, 3.8) is 0 Å². The van der Waals surface area contributed by atoms with Crippen LogP contribution in [0.2, 0.25) is 0 Å². The molecular weight excluding hydrogens is 212 g/mol. The Labute approximate surface area is 98.6 Å². The Morgan fingerprint density at radius 3 is 1.08 bits per heavy atom. The first-order chi connectivity index (χ1) is 4.50. The van der Waals surface area contributed by atoms with Gasteiger partial charge in [0.05, 0.1) is 0 Å². The van der Waals surface area contributed by atoms with Gasteiger partial charge in [0, 0.05) is 0 Å².